The van der Waals surface area contributed by atoms with Crippen molar-refractivity contribution in [1.82, 2.24) is 14.6 Å². The number of carbonyl (C=O) groups excluding carboxylic acids is 1. The van der Waals surface area contributed by atoms with E-state index in [4.69, 9.17) is 0 Å². The number of amides is 1. The SMILES string of the molecule is CN(C)c1cc(CNC(=O)C2CCN(S(=O)(=O)c3ccc(F)cc3)CC2)ccn1. The van der Waals surface area contributed by atoms with Crippen molar-refractivity contribution in [3.63, 3.8) is 0 Å². The lowest BCUT2D eigenvalue weighted by atomic mass is 9.97. The van der Waals surface area contributed by atoms with Crippen LogP contribution in [0, 0.1) is 11.7 Å². The average Bonchev–Trinajstić information content (AvgIpc) is 2.72. The summed E-state index contributed by atoms with van der Waals surface area (Å²) in [7, 11) is 0.130. The number of anilines is 1. The Morgan fingerprint density at radius 2 is 1.86 bits per heavy atom. The molecular formula is C20H25FN4O3S. The maximum atomic E-state index is 13.1. The Hall–Kier alpha value is -2.52. The second-order valence-electron chi connectivity index (χ2n) is 7.27. The van der Waals surface area contributed by atoms with Gasteiger partial charge < -0.3 is 10.2 Å². The van der Waals surface area contributed by atoms with Gasteiger partial charge in [-0.05, 0) is 54.8 Å². The Balaban J connectivity index is 1.54. The van der Waals surface area contributed by atoms with Crippen LogP contribution in [0.2, 0.25) is 0 Å². The summed E-state index contributed by atoms with van der Waals surface area (Å²) in [4.78, 5) is 18.7. The summed E-state index contributed by atoms with van der Waals surface area (Å²) in [6.45, 7) is 0.923. The summed E-state index contributed by atoms with van der Waals surface area (Å²) in [6.07, 6.45) is 2.60. The van der Waals surface area contributed by atoms with E-state index in [-0.39, 0.29) is 29.8 Å². The number of sulfonamides is 1. The zero-order valence-electron chi connectivity index (χ0n) is 16.5. The highest BCUT2D eigenvalue weighted by Crippen LogP contribution is 2.24. The Morgan fingerprint density at radius 3 is 2.48 bits per heavy atom. The second kappa shape index (κ2) is 8.87. The summed E-state index contributed by atoms with van der Waals surface area (Å²) in [5.41, 5.74) is 0.952. The van der Waals surface area contributed by atoms with Gasteiger partial charge in [-0.15, -0.1) is 0 Å². The number of nitrogens with zero attached hydrogens (tertiary/aromatic N) is 3. The van der Waals surface area contributed by atoms with E-state index in [1.807, 2.05) is 31.1 Å². The van der Waals surface area contributed by atoms with Crippen LogP contribution < -0.4 is 10.2 Å². The first kappa shape index (κ1) is 21.2. The topological polar surface area (TPSA) is 82.6 Å². The fraction of sp³-hybridized carbons (Fsp3) is 0.400. The average molecular weight is 421 g/mol. The summed E-state index contributed by atoms with van der Waals surface area (Å²) < 4.78 is 39.7. The number of halogens is 1. The maximum absolute atomic E-state index is 13.1. The fourth-order valence-corrected chi connectivity index (χ4v) is 4.73. The quantitative estimate of drug-likeness (QED) is 0.773. The van der Waals surface area contributed by atoms with Crippen molar-refractivity contribution in [2.75, 3.05) is 32.1 Å². The van der Waals surface area contributed by atoms with E-state index in [1.54, 1.807) is 6.20 Å². The fourth-order valence-electron chi connectivity index (χ4n) is 3.26. The first-order valence-electron chi connectivity index (χ1n) is 9.43. The van der Waals surface area contributed by atoms with Gasteiger partial charge in [-0.3, -0.25) is 4.79 Å². The summed E-state index contributed by atoms with van der Waals surface area (Å²) in [6, 6.07) is 8.56. The summed E-state index contributed by atoms with van der Waals surface area (Å²) in [5.74, 6) is 0.0270. The molecule has 1 N–H and O–H groups in total. The van der Waals surface area contributed by atoms with E-state index >= 15 is 0 Å². The molecule has 7 nitrogen and oxygen atoms in total. The lowest BCUT2D eigenvalue weighted by Gasteiger charge is -2.30. The lowest BCUT2D eigenvalue weighted by Crippen LogP contribution is -2.42. The molecule has 3 rings (SSSR count). The van der Waals surface area contributed by atoms with Gasteiger partial charge in [0.25, 0.3) is 0 Å². The van der Waals surface area contributed by atoms with Gasteiger partial charge in [0.2, 0.25) is 15.9 Å². The van der Waals surface area contributed by atoms with Crippen LogP contribution in [-0.4, -0.2) is 50.8 Å². The van der Waals surface area contributed by atoms with Crippen LogP contribution in [0.15, 0.2) is 47.5 Å². The van der Waals surface area contributed by atoms with Crippen molar-refractivity contribution in [2.24, 2.45) is 5.92 Å². The Labute approximate surface area is 170 Å². The number of benzene rings is 1. The molecule has 2 aromatic rings. The van der Waals surface area contributed by atoms with E-state index in [2.05, 4.69) is 10.3 Å². The number of carbonyl (C=O) groups is 1. The largest absolute Gasteiger partial charge is 0.363 e. The molecule has 1 saturated heterocycles. The first-order valence-corrected chi connectivity index (χ1v) is 10.9. The predicted molar refractivity (Wildman–Crippen MR) is 108 cm³/mol. The molecule has 0 bridgehead atoms. The number of hydrogen-bond donors (Lipinski definition) is 1. The summed E-state index contributed by atoms with van der Waals surface area (Å²) >= 11 is 0. The molecule has 1 aromatic heterocycles. The van der Waals surface area contributed by atoms with E-state index in [1.165, 1.54) is 16.4 Å². The zero-order valence-corrected chi connectivity index (χ0v) is 17.3. The minimum atomic E-state index is -3.67. The minimum absolute atomic E-state index is 0.0659. The van der Waals surface area contributed by atoms with E-state index in [0.717, 1.165) is 23.5 Å². The van der Waals surface area contributed by atoms with Crippen molar-refractivity contribution in [3.05, 3.63) is 54.0 Å². The number of pyridine rings is 1. The van der Waals surface area contributed by atoms with Gasteiger partial charge in [0.1, 0.15) is 11.6 Å². The minimum Gasteiger partial charge on any atom is -0.363 e. The van der Waals surface area contributed by atoms with Gasteiger partial charge in [0, 0.05) is 45.8 Å². The number of hydrogen-bond acceptors (Lipinski definition) is 5. The Morgan fingerprint density at radius 1 is 1.21 bits per heavy atom. The third-order valence-electron chi connectivity index (χ3n) is 5.01. The van der Waals surface area contributed by atoms with Crippen molar-refractivity contribution in [2.45, 2.75) is 24.3 Å². The molecule has 0 aliphatic carbocycles. The van der Waals surface area contributed by atoms with Crippen molar-refractivity contribution < 1.29 is 17.6 Å². The number of rotatable bonds is 6. The van der Waals surface area contributed by atoms with Gasteiger partial charge in [0.05, 0.1) is 4.90 Å². The second-order valence-corrected chi connectivity index (χ2v) is 9.20. The van der Waals surface area contributed by atoms with Crippen molar-refractivity contribution in [1.29, 1.82) is 0 Å². The highest BCUT2D eigenvalue weighted by atomic mass is 32.2. The highest BCUT2D eigenvalue weighted by molar-refractivity contribution is 7.89. The van der Waals surface area contributed by atoms with Crippen molar-refractivity contribution >= 4 is 21.7 Å². The Kier molecular flexibility index (Phi) is 6.49. The standard InChI is InChI=1S/C20H25FN4O3S/c1-24(2)19-13-15(7-10-22-19)14-23-20(26)16-8-11-25(12-9-16)29(27,28)18-5-3-17(21)4-6-18/h3-7,10,13,16H,8-9,11-12,14H2,1-2H3,(H,23,26). The maximum Gasteiger partial charge on any atom is 0.243 e. The van der Waals surface area contributed by atoms with Gasteiger partial charge in [-0.2, -0.15) is 4.31 Å². The molecule has 0 saturated carbocycles. The van der Waals surface area contributed by atoms with E-state index < -0.39 is 15.8 Å². The lowest BCUT2D eigenvalue weighted by molar-refractivity contribution is -0.126. The normalized spacial score (nSPS) is 15.8. The van der Waals surface area contributed by atoms with Crippen LogP contribution >= 0.6 is 0 Å². The molecule has 0 unspecified atom stereocenters. The summed E-state index contributed by atoms with van der Waals surface area (Å²) in [5, 5.41) is 2.93. The number of aromatic nitrogens is 1. The van der Waals surface area contributed by atoms with Crippen LogP contribution in [0.1, 0.15) is 18.4 Å². The third kappa shape index (κ3) is 5.10. The molecule has 29 heavy (non-hydrogen) atoms. The molecule has 1 amide bonds. The molecule has 1 fully saturated rings. The number of nitrogens with one attached hydrogen (secondary N) is 1. The molecule has 2 heterocycles. The van der Waals surface area contributed by atoms with Crippen LogP contribution in [0.3, 0.4) is 0 Å². The van der Waals surface area contributed by atoms with Gasteiger partial charge >= 0.3 is 0 Å². The molecule has 156 valence electrons. The molecule has 0 atom stereocenters. The van der Waals surface area contributed by atoms with Crippen LogP contribution in [-0.2, 0) is 21.4 Å². The van der Waals surface area contributed by atoms with Gasteiger partial charge in [-0.25, -0.2) is 17.8 Å². The van der Waals surface area contributed by atoms with Crippen molar-refractivity contribution in [3.8, 4) is 0 Å². The monoisotopic (exact) mass is 420 g/mol. The van der Waals surface area contributed by atoms with Gasteiger partial charge in [0.15, 0.2) is 0 Å². The molecule has 0 radical (unpaired) electrons. The Bertz CT molecular complexity index is 956. The molecule has 0 spiro atoms. The smallest absolute Gasteiger partial charge is 0.243 e. The van der Waals surface area contributed by atoms with Gasteiger partial charge in [-0.1, -0.05) is 0 Å². The highest BCUT2D eigenvalue weighted by Gasteiger charge is 2.32. The van der Waals surface area contributed by atoms with Crippen LogP contribution in [0.5, 0.6) is 0 Å². The predicted octanol–water partition coefficient (Wildman–Crippen LogP) is 2.00. The third-order valence-corrected chi connectivity index (χ3v) is 6.92. The first-order chi connectivity index (χ1) is 13.8. The van der Waals surface area contributed by atoms with Crippen LogP contribution in [0.25, 0.3) is 0 Å². The molecule has 9 heteroatoms. The molecule has 1 aromatic carbocycles. The zero-order chi connectivity index (χ0) is 21.0. The van der Waals surface area contributed by atoms with E-state index in [9.17, 15) is 17.6 Å². The van der Waals surface area contributed by atoms with Crippen LogP contribution in [0.4, 0.5) is 10.2 Å². The number of piperidine rings is 1. The molecular weight excluding hydrogens is 395 g/mol. The van der Waals surface area contributed by atoms with E-state index in [0.29, 0.717) is 19.4 Å². The molecule has 1 aliphatic heterocycles. The molecule has 1 aliphatic rings.